The zero-order valence-electron chi connectivity index (χ0n) is 19.3. The van der Waals surface area contributed by atoms with E-state index in [1.165, 1.54) is 26.2 Å². The summed E-state index contributed by atoms with van der Waals surface area (Å²) in [6.45, 7) is 3.93. The number of hydrogen-bond donors (Lipinski definition) is 0. The highest BCUT2D eigenvalue weighted by molar-refractivity contribution is 6.30. The molecule has 0 unspecified atom stereocenters. The highest BCUT2D eigenvalue weighted by Crippen LogP contribution is 2.26. The van der Waals surface area contributed by atoms with Gasteiger partial charge in [-0.1, -0.05) is 18.2 Å². The lowest BCUT2D eigenvalue weighted by molar-refractivity contribution is -0.134. The molecule has 1 fully saturated rings. The van der Waals surface area contributed by atoms with Crippen molar-refractivity contribution in [3.8, 4) is 11.4 Å². The second-order valence-corrected chi connectivity index (χ2v) is 8.10. The average Bonchev–Trinajstić information content (AvgIpc) is 3.11. The lowest BCUT2D eigenvalue weighted by atomic mass is 10.1. The third kappa shape index (κ3) is 4.10. The van der Waals surface area contributed by atoms with Crippen LogP contribution in [0.4, 0.5) is 9.18 Å². The van der Waals surface area contributed by atoms with Gasteiger partial charge in [-0.25, -0.2) is 9.18 Å². The molecule has 0 spiro atoms. The molecule has 0 saturated carbocycles. The number of benzene rings is 2. The fraction of sp³-hybridized carbons (Fsp3) is 0.192. The third-order valence-corrected chi connectivity index (χ3v) is 5.86. The molecule has 4 rings (SSSR count). The maximum absolute atomic E-state index is 13.8. The van der Waals surface area contributed by atoms with E-state index in [0.717, 1.165) is 26.9 Å². The quantitative estimate of drug-likeness (QED) is 0.421. The van der Waals surface area contributed by atoms with E-state index in [0.29, 0.717) is 16.9 Å². The zero-order chi connectivity index (χ0) is 24.6. The van der Waals surface area contributed by atoms with Crippen molar-refractivity contribution in [1.82, 2.24) is 14.4 Å². The van der Waals surface area contributed by atoms with E-state index in [-0.39, 0.29) is 18.0 Å². The SMILES string of the molecule is Cc1cc(C=C2C(=O)N(C)C(=O)N(C)C2=O)c(C)n1-c1ccc(OCc2ccccc2F)cc1. The van der Waals surface area contributed by atoms with Crippen LogP contribution in [0.1, 0.15) is 22.5 Å². The summed E-state index contributed by atoms with van der Waals surface area (Å²) in [6, 6.07) is 15.1. The molecule has 1 aliphatic heterocycles. The monoisotopic (exact) mass is 461 g/mol. The van der Waals surface area contributed by atoms with Crippen molar-refractivity contribution in [2.24, 2.45) is 0 Å². The molecule has 4 amide bonds. The number of carbonyl (C=O) groups is 3. The predicted molar refractivity (Wildman–Crippen MR) is 125 cm³/mol. The molecule has 1 aromatic heterocycles. The van der Waals surface area contributed by atoms with Crippen LogP contribution in [-0.2, 0) is 16.2 Å². The van der Waals surface area contributed by atoms with Crippen molar-refractivity contribution in [2.75, 3.05) is 14.1 Å². The predicted octanol–water partition coefficient (Wildman–Crippen LogP) is 4.25. The Labute approximate surface area is 196 Å². The molecule has 0 atom stereocenters. The molecule has 3 aromatic rings. The van der Waals surface area contributed by atoms with Crippen LogP contribution < -0.4 is 4.74 Å². The minimum absolute atomic E-state index is 0.0678. The first-order valence-electron chi connectivity index (χ1n) is 10.7. The maximum Gasteiger partial charge on any atom is 0.333 e. The van der Waals surface area contributed by atoms with Crippen molar-refractivity contribution < 1.29 is 23.5 Å². The van der Waals surface area contributed by atoms with Gasteiger partial charge >= 0.3 is 6.03 Å². The van der Waals surface area contributed by atoms with E-state index in [1.807, 2.05) is 36.6 Å². The Bertz CT molecular complexity index is 1300. The Morgan fingerprint density at radius 3 is 2.15 bits per heavy atom. The molecule has 1 saturated heterocycles. The number of carbonyl (C=O) groups excluding carboxylic acids is 3. The molecule has 2 aromatic carbocycles. The summed E-state index contributed by atoms with van der Waals surface area (Å²) in [7, 11) is 2.70. The Balaban J connectivity index is 1.58. The zero-order valence-corrected chi connectivity index (χ0v) is 19.3. The van der Waals surface area contributed by atoms with Gasteiger partial charge in [0.1, 0.15) is 23.7 Å². The van der Waals surface area contributed by atoms with E-state index >= 15 is 0 Å². The minimum atomic E-state index is -0.657. The van der Waals surface area contributed by atoms with Crippen LogP contribution in [0.3, 0.4) is 0 Å². The van der Waals surface area contributed by atoms with Crippen LogP contribution in [0.5, 0.6) is 5.75 Å². The minimum Gasteiger partial charge on any atom is -0.489 e. The molecule has 2 heterocycles. The lowest BCUT2D eigenvalue weighted by Gasteiger charge is -2.28. The van der Waals surface area contributed by atoms with Gasteiger partial charge in [0.15, 0.2) is 0 Å². The largest absolute Gasteiger partial charge is 0.489 e. The number of rotatable bonds is 5. The number of aromatic nitrogens is 1. The fourth-order valence-corrected chi connectivity index (χ4v) is 3.93. The number of amides is 4. The highest BCUT2D eigenvalue weighted by Gasteiger charge is 2.38. The van der Waals surface area contributed by atoms with Gasteiger partial charge in [0.2, 0.25) is 0 Å². The van der Waals surface area contributed by atoms with E-state index in [2.05, 4.69) is 0 Å². The first-order valence-corrected chi connectivity index (χ1v) is 10.7. The summed E-state index contributed by atoms with van der Waals surface area (Å²) < 4.78 is 21.5. The third-order valence-electron chi connectivity index (χ3n) is 5.86. The number of hydrogen-bond acceptors (Lipinski definition) is 4. The van der Waals surface area contributed by atoms with Gasteiger partial charge in [0.25, 0.3) is 11.8 Å². The second kappa shape index (κ2) is 8.97. The summed E-state index contributed by atoms with van der Waals surface area (Å²) in [4.78, 5) is 38.9. The summed E-state index contributed by atoms with van der Waals surface area (Å²) in [5.41, 5.74) is 3.70. The van der Waals surface area contributed by atoms with Crippen LogP contribution in [-0.4, -0.2) is 46.3 Å². The molecule has 0 bridgehead atoms. The van der Waals surface area contributed by atoms with Crippen LogP contribution >= 0.6 is 0 Å². The van der Waals surface area contributed by atoms with Crippen LogP contribution in [0.2, 0.25) is 0 Å². The number of urea groups is 1. The number of ether oxygens (including phenoxy) is 1. The number of likely N-dealkylation sites (N-methyl/N-ethyl adjacent to an activating group) is 2. The number of halogens is 1. The lowest BCUT2D eigenvalue weighted by Crippen LogP contribution is -2.52. The molecule has 7 nitrogen and oxygen atoms in total. The standard InChI is InChI=1S/C26H24FN3O4/c1-16-13-19(14-22-24(31)28(3)26(33)29(4)25(22)32)17(2)30(16)20-9-11-21(12-10-20)34-15-18-7-5-6-8-23(18)27/h5-14H,15H2,1-4H3. The molecular formula is C26H24FN3O4. The smallest absolute Gasteiger partial charge is 0.333 e. The van der Waals surface area contributed by atoms with Crippen LogP contribution in [0.15, 0.2) is 60.2 Å². The Morgan fingerprint density at radius 2 is 1.53 bits per heavy atom. The molecule has 8 heteroatoms. The average molecular weight is 461 g/mol. The van der Waals surface area contributed by atoms with E-state index < -0.39 is 17.8 Å². The Hall–Kier alpha value is -4.20. The second-order valence-electron chi connectivity index (χ2n) is 8.10. The van der Waals surface area contributed by atoms with Crippen molar-refractivity contribution in [3.63, 3.8) is 0 Å². The van der Waals surface area contributed by atoms with Crippen molar-refractivity contribution in [1.29, 1.82) is 0 Å². The van der Waals surface area contributed by atoms with E-state index in [1.54, 1.807) is 30.3 Å². The topological polar surface area (TPSA) is 71.9 Å². The normalized spacial score (nSPS) is 14.1. The molecular weight excluding hydrogens is 437 g/mol. The molecule has 0 N–H and O–H groups in total. The van der Waals surface area contributed by atoms with Gasteiger partial charge in [-0.3, -0.25) is 19.4 Å². The van der Waals surface area contributed by atoms with Gasteiger partial charge in [0, 0.05) is 36.7 Å². The molecule has 0 radical (unpaired) electrons. The highest BCUT2D eigenvalue weighted by atomic mass is 19.1. The number of aryl methyl sites for hydroxylation is 1. The molecule has 0 aliphatic carbocycles. The van der Waals surface area contributed by atoms with Crippen molar-refractivity contribution in [3.05, 3.63) is 88.5 Å². The van der Waals surface area contributed by atoms with Gasteiger partial charge in [-0.05, 0) is 61.9 Å². The molecule has 174 valence electrons. The van der Waals surface area contributed by atoms with Gasteiger partial charge in [-0.2, -0.15) is 0 Å². The van der Waals surface area contributed by atoms with E-state index in [9.17, 15) is 18.8 Å². The number of imide groups is 2. The summed E-state index contributed by atoms with van der Waals surface area (Å²) >= 11 is 0. The fourth-order valence-electron chi connectivity index (χ4n) is 3.93. The van der Waals surface area contributed by atoms with Gasteiger partial charge in [0.05, 0.1) is 0 Å². The Kier molecular flexibility index (Phi) is 6.06. The van der Waals surface area contributed by atoms with E-state index in [4.69, 9.17) is 4.74 Å². The maximum atomic E-state index is 13.8. The van der Waals surface area contributed by atoms with Crippen molar-refractivity contribution in [2.45, 2.75) is 20.5 Å². The molecule has 34 heavy (non-hydrogen) atoms. The number of nitrogens with zero attached hydrogens (tertiary/aromatic N) is 3. The summed E-state index contributed by atoms with van der Waals surface area (Å²) in [5, 5.41) is 0. The van der Waals surface area contributed by atoms with Gasteiger partial charge in [-0.15, -0.1) is 0 Å². The van der Waals surface area contributed by atoms with Crippen LogP contribution in [0.25, 0.3) is 11.8 Å². The first-order chi connectivity index (χ1) is 16.2. The number of barbiturate groups is 1. The summed E-state index contributed by atoms with van der Waals surface area (Å²) in [6.07, 6.45) is 1.52. The summed E-state index contributed by atoms with van der Waals surface area (Å²) in [5.74, 6) is -0.967. The Morgan fingerprint density at radius 1 is 0.912 bits per heavy atom. The van der Waals surface area contributed by atoms with Crippen molar-refractivity contribution >= 4 is 23.9 Å². The van der Waals surface area contributed by atoms with Gasteiger partial charge < -0.3 is 9.30 Å². The first kappa shape index (κ1) is 23.0. The molecule has 1 aliphatic rings. The van der Waals surface area contributed by atoms with Crippen LogP contribution in [0, 0.1) is 19.7 Å².